The largest absolute Gasteiger partial charge is 0.514 e. The Kier molecular flexibility index (Phi) is 10.4. The summed E-state index contributed by atoms with van der Waals surface area (Å²) in [5.41, 5.74) is 0.448. The number of halogens is 9. The van der Waals surface area contributed by atoms with E-state index in [-0.39, 0.29) is 23.4 Å². The second-order valence-corrected chi connectivity index (χ2v) is 13.8. The number of benzene rings is 2. The fourth-order valence-electron chi connectivity index (χ4n) is 2.93. The van der Waals surface area contributed by atoms with Crippen LogP contribution in [-0.2, 0) is 4.74 Å². The van der Waals surface area contributed by atoms with Gasteiger partial charge in [0.15, 0.2) is 5.75 Å². The van der Waals surface area contributed by atoms with E-state index in [1.54, 1.807) is 6.92 Å². The molecule has 182 valence electrons. The maximum Gasteiger partial charge on any atom is 0.514 e. The van der Waals surface area contributed by atoms with Crippen molar-refractivity contribution in [3.63, 3.8) is 0 Å². The Morgan fingerprint density at radius 3 is 1.50 bits per heavy atom. The highest BCUT2D eigenvalue weighted by molar-refractivity contribution is 9.16. The van der Waals surface area contributed by atoms with Gasteiger partial charge in [0.1, 0.15) is 6.10 Å². The molecule has 0 radical (unpaired) electrons. The lowest BCUT2D eigenvalue weighted by Crippen LogP contribution is -2.39. The third-order valence-corrected chi connectivity index (χ3v) is 15.4. The first-order chi connectivity index (χ1) is 15.8. The molecule has 1 aliphatic heterocycles. The van der Waals surface area contributed by atoms with E-state index in [1.165, 1.54) is 0 Å². The topological polar surface area (TPSA) is 72.9 Å². The van der Waals surface area contributed by atoms with E-state index >= 15 is 0 Å². The smallest absolute Gasteiger partial charge is 0.429 e. The first-order valence-electron chi connectivity index (χ1n) is 8.95. The van der Waals surface area contributed by atoms with Gasteiger partial charge in [-0.15, -0.1) is 0 Å². The first-order valence-corrected chi connectivity index (χ1v) is 16.1. The maximum absolute atomic E-state index is 13.1. The summed E-state index contributed by atoms with van der Waals surface area (Å²) >= 11 is 30.5. The van der Waals surface area contributed by atoms with Gasteiger partial charge in [0, 0.05) is 22.4 Å². The molecule has 0 aliphatic carbocycles. The molecule has 0 bridgehead atoms. The number of carbonyl (C=O) groups is 3. The van der Waals surface area contributed by atoms with Crippen LogP contribution in [0.3, 0.4) is 0 Å². The van der Waals surface area contributed by atoms with Gasteiger partial charge in [0.05, 0.1) is 35.6 Å². The van der Waals surface area contributed by atoms with E-state index in [9.17, 15) is 14.4 Å². The van der Waals surface area contributed by atoms with Crippen LogP contribution in [0.25, 0.3) is 0 Å². The summed E-state index contributed by atoms with van der Waals surface area (Å²) < 4.78 is 15.9. The molecule has 2 aromatic carbocycles. The first kappa shape index (κ1) is 29.7. The number of hydrogen-bond donors (Lipinski definition) is 0. The van der Waals surface area contributed by atoms with Gasteiger partial charge in [-0.2, -0.15) is 0 Å². The summed E-state index contributed by atoms with van der Waals surface area (Å²) in [5.74, 6) is -0.810. The van der Waals surface area contributed by atoms with Crippen molar-refractivity contribution in [1.29, 1.82) is 0 Å². The van der Waals surface area contributed by atoms with Crippen LogP contribution in [0.1, 0.15) is 34.1 Å². The molecule has 2 aromatic rings. The quantitative estimate of drug-likeness (QED) is 0.0981. The molecule has 0 fully saturated rings. The average molecular weight is 1050 g/mol. The minimum absolute atomic E-state index is 0.137. The van der Waals surface area contributed by atoms with Crippen LogP contribution >= 0.6 is 143 Å². The highest BCUT2D eigenvalue weighted by atomic mass is 79.9. The fraction of sp³-hybridized carbons (Fsp3) is 0.211. The molecule has 6 nitrogen and oxygen atoms in total. The van der Waals surface area contributed by atoms with Crippen molar-refractivity contribution in [2.24, 2.45) is 0 Å². The minimum atomic E-state index is -0.987. The zero-order chi connectivity index (χ0) is 25.6. The Balaban J connectivity index is 1.81. The van der Waals surface area contributed by atoms with Gasteiger partial charge in [-0.3, -0.25) is 14.5 Å². The zero-order valence-electron chi connectivity index (χ0n) is 16.4. The predicted octanol–water partition coefficient (Wildman–Crippen LogP) is 10.1. The molecule has 34 heavy (non-hydrogen) atoms. The highest BCUT2D eigenvalue weighted by Gasteiger charge is 2.42. The molecule has 0 aromatic heterocycles. The van der Waals surface area contributed by atoms with Crippen molar-refractivity contribution in [2.45, 2.75) is 19.4 Å². The predicted molar refractivity (Wildman–Crippen MR) is 159 cm³/mol. The third-order valence-electron chi connectivity index (χ3n) is 4.64. The van der Waals surface area contributed by atoms with Crippen LogP contribution in [0.4, 0.5) is 4.79 Å². The van der Waals surface area contributed by atoms with Gasteiger partial charge in [-0.1, -0.05) is 6.92 Å². The zero-order valence-corrected chi connectivity index (χ0v) is 30.7. The Hall–Kier alpha value is 1.17. The van der Waals surface area contributed by atoms with Crippen molar-refractivity contribution in [3.8, 4) is 5.75 Å². The lowest BCUT2D eigenvalue weighted by Gasteiger charge is -2.22. The number of amides is 2. The van der Waals surface area contributed by atoms with Gasteiger partial charge in [0.25, 0.3) is 11.8 Å². The number of carbonyl (C=O) groups excluding carboxylic acids is 3. The molecule has 0 saturated heterocycles. The molecular weight excluding hydrogens is 1040 g/mol. The van der Waals surface area contributed by atoms with Crippen molar-refractivity contribution in [2.75, 3.05) is 6.54 Å². The molecule has 1 aliphatic rings. The summed E-state index contributed by atoms with van der Waals surface area (Å²) in [7, 11) is 0. The minimum Gasteiger partial charge on any atom is -0.429 e. The highest BCUT2D eigenvalue weighted by Crippen LogP contribution is 2.49. The van der Waals surface area contributed by atoms with Crippen LogP contribution in [-0.4, -0.2) is 35.5 Å². The van der Waals surface area contributed by atoms with Gasteiger partial charge in [-0.05, 0) is 150 Å². The molecule has 15 heteroatoms. The number of rotatable bonds is 5. The lowest BCUT2D eigenvalue weighted by molar-refractivity contribution is 0.0319. The average Bonchev–Trinajstić information content (AvgIpc) is 3.05. The van der Waals surface area contributed by atoms with E-state index < -0.39 is 24.1 Å². The van der Waals surface area contributed by atoms with E-state index in [0.29, 0.717) is 46.7 Å². The standard InChI is InChI=1S/C19H8Br9NO5/c1-2-4(33-19(32)34-16-14(27)12(25)11(24)13(26)15(16)28)3-29-17(30)5-6(18(29)31)8(21)10(23)9(22)7(5)20/h4H,2-3H2,1H3. The van der Waals surface area contributed by atoms with Crippen LogP contribution in [0.2, 0.25) is 0 Å². The molecule has 1 atom stereocenters. The summed E-state index contributed by atoms with van der Waals surface area (Å²) in [6, 6.07) is 0. The SMILES string of the molecule is CCC(CN1C(=O)c2c(Br)c(Br)c(Br)c(Br)c2C1=O)OC(=O)Oc1c(Br)c(Br)c(Br)c(Br)c1Br. The summed E-state index contributed by atoms with van der Waals surface area (Å²) in [5, 5.41) is 0. The number of hydrogen-bond acceptors (Lipinski definition) is 5. The van der Waals surface area contributed by atoms with Crippen LogP contribution in [0.15, 0.2) is 40.3 Å². The molecule has 0 N–H and O–H groups in total. The van der Waals surface area contributed by atoms with Crippen LogP contribution in [0, 0.1) is 0 Å². The van der Waals surface area contributed by atoms with Crippen molar-refractivity contribution < 1.29 is 23.9 Å². The number of nitrogens with zero attached hydrogens (tertiary/aromatic N) is 1. The number of fused-ring (bicyclic) bond motifs is 1. The lowest BCUT2D eigenvalue weighted by atomic mass is 10.1. The van der Waals surface area contributed by atoms with Gasteiger partial charge >= 0.3 is 6.16 Å². The number of imide groups is 1. The van der Waals surface area contributed by atoms with Crippen molar-refractivity contribution in [3.05, 3.63) is 51.4 Å². The second kappa shape index (κ2) is 11.9. The summed E-state index contributed by atoms with van der Waals surface area (Å²) in [6.45, 7) is 1.63. The molecule has 3 rings (SSSR count). The fourth-order valence-corrected chi connectivity index (χ4v) is 8.56. The molecule has 1 heterocycles. The Bertz CT molecular complexity index is 1170. The Morgan fingerprint density at radius 2 is 1.09 bits per heavy atom. The van der Waals surface area contributed by atoms with Gasteiger partial charge < -0.3 is 9.47 Å². The molecule has 1 unspecified atom stereocenters. The maximum atomic E-state index is 13.1. The van der Waals surface area contributed by atoms with E-state index in [4.69, 9.17) is 9.47 Å². The normalized spacial score (nSPS) is 13.9. The molecule has 0 spiro atoms. The molecular formula is C19H8Br9NO5. The van der Waals surface area contributed by atoms with Crippen LogP contribution in [0.5, 0.6) is 5.75 Å². The van der Waals surface area contributed by atoms with Crippen molar-refractivity contribution in [1.82, 2.24) is 4.90 Å². The van der Waals surface area contributed by atoms with Gasteiger partial charge in [-0.25, -0.2) is 4.79 Å². The second-order valence-electron chi connectivity index (χ2n) is 6.63. The summed E-state index contributed by atoms with van der Waals surface area (Å²) in [6.07, 6.45) is -1.44. The van der Waals surface area contributed by atoms with E-state index in [1.807, 2.05) is 0 Å². The van der Waals surface area contributed by atoms with Crippen LogP contribution < -0.4 is 4.74 Å². The van der Waals surface area contributed by atoms with Gasteiger partial charge in [0.2, 0.25) is 0 Å². The Morgan fingerprint density at radius 1 is 0.706 bits per heavy atom. The monoisotopic (exact) mass is 1040 g/mol. The van der Waals surface area contributed by atoms with E-state index in [2.05, 4.69) is 143 Å². The molecule has 0 saturated carbocycles. The third kappa shape index (κ3) is 5.48. The molecule has 2 amide bonds. The Labute approximate surface area is 269 Å². The van der Waals surface area contributed by atoms with E-state index in [0.717, 1.165) is 4.90 Å². The number of ether oxygens (including phenoxy) is 2. The summed E-state index contributed by atoms with van der Waals surface area (Å²) in [4.78, 5) is 39.8. The van der Waals surface area contributed by atoms with Crippen molar-refractivity contribution >= 4 is 161 Å².